The van der Waals surface area contributed by atoms with Crippen LogP contribution in [0.2, 0.25) is 0 Å². The van der Waals surface area contributed by atoms with Gasteiger partial charge in [-0.2, -0.15) is 0 Å². The summed E-state index contributed by atoms with van der Waals surface area (Å²) in [7, 11) is 0. The van der Waals surface area contributed by atoms with E-state index in [1.54, 1.807) is 0 Å². The van der Waals surface area contributed by atoms with E-state index < -0.39 is 17.5 Å². The Hall–Kier alpha value is -2.28. The molecule has 0 aliphatic heterocycles. The molecule has 0 bridgehead atoms. The number of carboxylic acid groups (broad SMARTS) is 1. The maximum atomic E-state index is 12.2. The van der Waals surface area contributed by atoms with E-state index in [1.807, 2.05) is 0 Å². The number of aliphatic carboxylic acids is 1. The first-order valence-corrected chi connectivity index (χ1v) is 6.60. The smallest absolute Gasteiger partial charge is 0.304 e. The topological polar surface area (TPSA) is 112 Å². The van der Waals surface area contributed by atoms with Gasteiger partial charge in [0.25, 0.3) is 0 Å². The van der Waals surface area contributed by atoms with Crippen LogP contribution in [-0.4, -0.2) is 38.6 Å². The molecular formula is C13H10O6S. The molecular weight excluding hydrogens is 284 g/mol. The number of carbonyl (C=O) groups is 3. The van der Waals surface area contributed by atoms with Crippen LogP contribution in [0.1, 0.15) is 27.1 Å². The third-order valence-electron chi connectivity index (χ3n) is 2.69. The lowest BCUT2D eigenvalue weighted by atomic mass is 9.93. The van der Waals surface area contributed by atoms with Crippen LogP contribution in [0.25, 0.3) is 0 Å². The van der Waals surface area contributed by atoms with Gasteiger partial charge in [-0.05, 0) is 12.1 Å². The number of hydrogen-bond donors (Lipinski definition) is 3. The van der Waals surface area contributed by atoms with Crippen molar-refractivity contribution < 1.29 is 29.7 Å². The van der Waals surface area contributed by atoms with Gasteiger partial charge in [0.15, 0.2) is 5.78 Å². The van der Waals surface area contributed by atoms with Crippen LogP contribution in [0.5, 0.6) is 11.5 Å². The molecule has 20 heavy (non-hydrogen) atoms. The number of fused-ring (bicyclic) bond motifs is 1. The molecule has 1 aliphatic carbocycles. The maximum absolute atomic E-state index is 12.2. The molecule has 1 aromatic carbocycles. The highest BCUT2D eigenvalue weighted by Gasteiger charge is 2.31. The van der Waals surface area contributed by atoms with Crippen LogP contribution in [0, 0.1) is 0 Å². The van der Waals surface area contributed by atoms with Gasteiger partial charge in [-0.15, -0.1) is 11.8 Å². The number of hydrogen-bond acceptors (Lipinski definition) is 6. The highest BCUT2D eigenvalue weighted by atomic mass is 32.2. The number of rotatable bonds is 4. The van der Waals surface area contributed by atoms with E-state index in [0.29, 0.717) is 0 Å². The highest BCUT2D eigenvalue weighted by Crippen LogP contribution is 2.37. The van der Waals surface area contributed by atoms with Gasteiger partial charge in [-0.1, -0.05) is 0 Å². The second-order valence-corrected chi connectivity index (χ2v) is 5.18. The first-order chi connectivity index (χ1) is 9.41. The van der Waals surface area contributed by atoms with E-state index in [4.69, 9.17) is 5.11 Å². The molecule has 0 saturated heterocycles. The van der Waals surface area contributed by atoms with E-state index in [0.717, 1.165) is 30.0 Å². The number of carbonyl (C=O) groups excluding carboxylic acids is 2. The molecule has 0 saturated carbocycles. The molecule has 0 unspecified atom stereocenters. The van der Waals surface area contributed by atoms with E-state index in [-0.39, 0.29) is 39.7 Å². The van der Waals surface area contributed by atoms with Gasteiger partial charge < -0.3 is 15.3 Å². The average Bonchev–Trinajstić information content (AvgIpc) is 2.37. The standard InChI is InChI=1S/C13H10O6S/c14-6-1-2-7(15)12-11(6)8(16)5-9(13(12)19)20-4-3-10(17)18/h1-2,5,14-15H,3-4H2,(H,17,18). The molecule has 0 heterocycles. The van der Waals surface area contributed by atoms with Crippen LogP contribution in [0.3, 0.4) is 0 Å². The van der Waals surface area contributed by atoms with Crippen molar-refractivity contribution in [3.05, 3.63) is 34.2 Å². The van der Waals surface area contributed by atoms with Crippen molar-refractivity contribution in [2.45, 2.75) is 6.42 Å². The summed E-state index contributed by atoms with van der Waals surface area (Å²) >= 11 is 0.933. The zero-order valence-electron chi connectivity index (χ0n) is 10.1. The summed E-state index contributed by atoms with van der Waals surface area (Å²) in [6.07, 6.45) is 0.901. The van der Waals surface area contributed by atoms with Crippen molar-refractivity contribution in [1.29, 1.82) is 0 Å². The highest BCUT2D eigenvalue weighted by molar-refractivity contribution is 8.04. The summed E-state index contributed by atoms with van der Waals surface area (Å²) in [5.41, 5.74) is -0.465. The fourth-order valence-corrected chi connectivity index (χ4v) is 2.72. The van der Waals surface area contributed by atoms with Gasteiger partial charge in [0.2, 0.25) is 5.78 Å². The largest absolute Gasteiger partial charge is 0.507 e. The van der Waals surface area contributed by atoms with Crippen LogP contribution in [-0.2, 0) is 4.79 Å². The number of allylic oxidation sites excluding steroid dienone is 2. The predicted molar refractivity (Wildman–Crippen MR) is 71.2 cm³/mol. The van der Waals surface area contributed by atoms with Gasteiger partial charge in [-0.3, -0.25) is 14.4 Å². The van der Waals surface area contributed by atoms with Gasteiger partial charge >= 0.3 is 5.97 Å². The molecule has 0 amide bonds. The molecule has 6 nitrogen and oxygen atoms in total. The lowest BCUT2D eigenvalue weighted by Crippen LogP contribution is -2.16. The third kappa shape index (κ3) is 2.53. The minimum atomic E-state index is -1.01. The second-order valence-electron chi connectivity index (χ2n) is 4.05. The Labute approximate surface area is 117 Å². The fraction of sp³-hybridized carbons (Fsp3) is 0.154. The maximum Gasteiger partial charge on any atom is 0.304 e. The normalized spacial score (nSPS) is 13.9. The molecule has 104 valence electrons. The van der Waals surface area contributed by atoms with Crippen molar-refractivity contribution >= 4 is 29.3 Å². The Kier molecular flexibility index (Phi) is 3.80. The molecule has 0 radical (unpaired) electrons. The molecule has 0 aromatic heterocycles. The minimum absolute atomic E-state index is 0.0599. The monoisotopic (exact) mass is 294 g/mol. The van der Waals surface area contributed by atoms with E-state index in [2.05, 4.69) is 0 Å². The number of aromatic hydroxyl groups is 2. The Morgan fingerprint density at radius 2 is 1.70 bits per heavy atom. The number of phenolic OH excluding ortho intramolecular Hbond substituents is 2. The predicted octanol–water partition coefficient (Wildman–Crippen LogP) is 1.57. The van der Waals surface area contributed by atoms with Gasteiger partial charge in [0.1, 0.15) is 11.5 Å². The summed E-state index contributed by atoms with van der Waals surface area (Å²) in [5.74, 6) is -2.82. The zero-order valence-corrected chi connectivity index (χ0v) is 10.9. The number of ketones is 2. The Morgan fingerprint density at radius 3 is 2.30 bits per heavy atom. The summed E-state index contributed by atoms with van der Waals surface area (Å²) in [6, 6.07) is 2.26. The molecule has 2 rings (SSSR count). The van der Waals surface area contributed by atoms with Gasteiger partial charge in [0.05, 0.1) is 22.5 Å². The number of carboxylic acids is 1. The summed E-state index contributed by atoms with van der Waals surface area (Å²) in [5, 5.41) is 27.8. The minimum Gasteiger partial charge on any atom is -0.507 e. The van der Waals surface area contributed by atoms with Crippen LogP contribution in [0.15, 0.2) is 23.1 Å². The molecule has 1 aromatic rings. The first kappa shape index (κ1) is 14.1. The van der Waals surface area contributed by atoms with E-state index in [1.165, 1.54) is 0 Å². The van der Waals surface area contributed by atoms with Crippen molar-refractivity contribution in [3.63, 3.8) is 0 Å². The van der Waals surface area contributed by atoms with Crippen molar-refractivity contribution in [1.82, 2.24) is 0 Å². The van der Waals surface area contributed by atoms with Crippen LogP contribution >= 0.6 is 11.8 Å². The average molecular weight is 294 g/mol. The third-order valence-corrected chi connectivity index (χ3v) is 3.72. The second kappa shape index (κ2) is 5.38. The summed E-state index contributed by atoms with van der Waals surface area (Å²) in [4.78, 5) is 34.5. The molecule has 0 atom stereocenters. The SMILES string of the molecule is O=C(O)CCSC1=CC(=O)c2c(O)ccc(O)c2C1=O. The van der Waals surface area contributed by atoms with Crippen molar-refractivity contribution in [3.8, 4) is 11.5 Å². The van der Waals surface area contributed by atoms with E-state index >= 15 is 0 Å². The molecule has 3 N–H and O–H groups in total. The van der Waals surface area contributed by atoms with Crippen LogP contribution < -0.4 is 0 Å². The van der Waals surface area contributed by atoms with Gasteiger partial charge in [0, 0.05) is 11.8 Å². The Bertz CT molecular complexity index is 647. The quantitative estimate of drug-likeness (QED) is 0.722. The molecule has 0 fully saturated rings. The zero-order chi connectivity index (χ0) is 14.9. The summed E-state index contributed by atoms with van der Waals surface area (Å²) < 4.78 is 0. The lowest BCUT2D eigenvalue weighted by Gasteiger charge is -2.16. The van der Waals surface area contributed by atoms with Crippen molar-refractivity contribution in [2.24, 2.45) is 0 Å². The Balaban J connectivity index is 2.33. The molecule has 1 aliphatic rings. The summed E-state index contributed by atoms with van der Waals surface area (Å²) in [6.45, 7) is 0. The first-order valence-electron chi connectivity index (χ1n) is 5.62. The molecule has 0 spiro atoms. The number of benzene rings is 1. The van der Waals surface area contributed by atoms with E-state index in [9.17, 15) is 24.6 Å². The fourth-order valence-electron chi connectivity index (χ4n) is 1.80. The van der Waals surface area contributed by atoms with Crippen molar-refractivity contribution in [2.75, 3.05) is 5.75 Å². The number of Topliss-reactive ketones (excluding diaryl/α,β-unsaturated/α-hetero) is 1. The number of phenols is 2. The molecule has 7 heteroatoms. The van der Waals surface area contributed by atoms with Crippen LogP contribution in [0.4, 0.5) is 0 Å². The lowest BCUT2D eigenvalue weighted by molar-refractivity contribution is -0.136. The Morgan fingerprint density at radius 1 is 1.10 bits per heavy atom. The number of thioether (sulfide) groups is 1. The van der Waals surface area contributed by atoms with Gasteiger partial charge in [-0.25, -0.2) is 0 Å².